The number of carbonyl (C=O) groups excluding carboxylic acids is 1. The third-order valence-electron chi connectivity index (χ3n) is 8.55. The number of hydrogen-bond acceptors (Lipinski definition) is 6. The third kappa shape index (κ3) is 6.86. The van der Waals surface area contributed by atoms with Crippen LogP contribution in [0.2, 0.25) is 0 Å². The van der Waals surface area contributed by atoms with Gasteiger partial charge in [0.1, 0.15) is 23.2 Å². The van der Waals surface area contributed by atoms with E-state index in [9.17, 15) is 45.8 Å². The maximum absolute atomic E-state index is 15.2. The van der Waals surface area contributed by atoms with Crippen molar-refractivity contribution in [1.29, 1.82) is 0 Å². The van der Waals surface area contributed by atoms with Gasteiger partial charge in [-0.25, -0.2) is 13.6 Å². The van der Waals surface area contributed by atoms with Gasteiger partial charge in [-0.3, -0.25) is 14.6 Å². The highest BCUT2D eigenvalue weighted by atomic mass is 19.4. The van der Waals surface area contributed by atoms with Crippen molar-refractivity contribution in [3.63, 3.8) is 0 Å². The number of halogens is 8. The van der Waals surface area contributed by atoms with Crippen molar-refractivity contribution in [2.45, 2.75) is 50.8 Å². The molecule has 1 fully saturated rings. The number of aliphatic carboxylic acids is 1. The maximum Gasteiger partial charge on any atom is 0.417 e. The summed E-state index contributed by atoms with van der Waals surface area (Å²) in [5.74, 6) is -6.29. The number of carboxylic acids is 1. The van der Waals surface area contributed by atoms with Gasteiger partial charge in [0.25, 0.3) is 11.5 Å². The van der Waals surface area contributed by atoms with Crippen molar-refractivity contribution in [3.8, 4) is 11.1 Å². The molecule has 1 amide bonds. The van der Waals surface area contributed by atoms with Crippen LogP contribution in [0.15, 0.2) is 53.5 Å². The Morgan fingerprint density at radius 3 is 2.34 bits per heavy atom. The number of morpholine rings is 1. The molecule has 1 saturated heterocycles. The average molecular weight is 713 g/mol. The van der Waals surface area contributed by atoms with E-state index < -0.39 is 88.4 Å². The first-order chi connectivity index (χ1) is 23.3. The van der Waals surface area contributed by atoms with Crippen molar-refractivity contribution >= 4 is 28.5 Å². The number of fused-ring (bicyclic) bond motifs is 1. The molecule has 9 nitrogen and oxygen atoms in total. The SMILES string of the molecule is Cc1cc(C(F)(F)F)c(-c2ccc(C[C@H](NC(=O)c3c(F)cc(N4CCO[C@H](C)[C@@H]4C(F)(F)F)cc3F)C(=O)O)c3cccnc23)c(=O)n1C. The minimum absolute atomic E-state index is 0.0451. The van der Waals surface area contributed by atoms with Crippen LogP contribution >= 0.6 is 0 Å². The molecule has 0 bridgehead atoms. The fourth-order valence-corrected chi connectivity index (χ4v) is 6.06. The number of benzene rings is 2. The third-order valence-corrected chi connectivity index (χ3v) is 8.55. The molecule has 1 aliphatic heterocycles. The molecular weight excluding hydrogens is 684 g/mol. The van der Waals surface area contributed by atoms with Crippen molar-refractivity contribution in [3.05, 3.63) is 93.0 Å². The van der Waals surface area contributed by atoms with Crippen LogP contribution in [-0.4, -0.2) is 64.0 Å². The number of carboxylic acid groups (broad SMARTS) is 1. The Morgan fingerprint density at radius 2 is 1.74 bits per heavy atom. The number of nitrogens with one attached hydrogen (secondary N) is 1. The predicted molar refractivity (Wildman–Crippen MR) is 164 cm³/mol. The summed E-state index contributed by atoms with van der Waals surface area (Å²) in [6, 6.07) is 3.01. The van der Waals surface area contributed by atoms with Gasteiger partial charge in [-0.05, 0) is 43.7 Å². The summed E-state index contributed by atoms with van der Waals surface area (Å²) < 4.78 is 120. The number of aryl methyl sites for hydroxylation is 1. The fourth-order valence-electron chi connectivity index (χ4n) is 6.06. The van der Waals surface area contributed by atoms with Gasteiger partial charge in [-0.15, -0.1) is 0 Å². The molecule has 3 heterocycles. The molecule has 4 aromatic rings. The van der Waals surface area contributed by atoms with E-state index in [4.69, 9.17) is 4.74 Å². The topological polar surface area (TPSA) is 114 Å². The van der Waals surface area contributed by atoms with E-state index in [2.05, 4.69) is 4.98 Å². The maximum atomic E-state index is 15.2. The molecule has 2 aromatic heterocycles. The van der Waals surface area contributed by atoms with Crippen LogP contribution in [0.4, 0.5) is 40.8 Å². The number of hydrogen-bond donors (Lipinski definition) is 2. The van der Waals surface area contributed by atoms with Gasteiger partial charge < -0.3 is 24.6 Å². The van der Waals surface area contributed by atoms with Gasteiger partial charge in [0.2, 0.25) is 0 Å². The zero-order valence-corrected chi connectivity index (χ0v) is 26.4. The van der Waals surface area contributed by atoms with Crippen LogP contribution in [0.5, 0.6) is 0 Å². The first kappa shape index (κ1) is 36.2. The predicted octanol–water partition coefficient (Wildman–Crippen LogP) is 5.79. The monoisotopic (exact) mass is 712 g/mol. The number of pyridine rings is 2. The van der Waals surface area contributed by atoms with Gasteiger partial charge in [0.05, 0.1) is 29.4 Å². The Bertz CT molecular complexity index is 2020. The fraction of sp³-hybridized carbons (Fsp3) is 0.333. The van der Waals surface area contributed by atoms with E-state index in [1.165, 1.54) is 38.4 Å². The number of amides is 1. The van der Waals surface area contributed by atoms with Gasteiger partial charge in [-0.2, -0.15) is 26.3 Å². The standard InChI is InChI=1S/C33H28F8N4O5/c1-15-11-21(32(36,37)38)25(30(47)44(15)3)20-7-6-17(19-5-4-8-42-27(19)20)12-24(31(48)49)43-29(46)26-22(34)13-18(14-23(26)35)45-9-10-50-16(2)28(45)33(39,40)41/h4-8,11,13-14,16,24,28H,9-10,12H2,1-3H3,(H,43,46)(H,48,49)/t16-,24+,28-/m1/s1. The molecule has 266 valence electrons. The smallest absolute Gasteiger partial charge is 0.417 e. The van der Waals surface area contributed by atoms with Crippen LogP contribution in [-0.2, 0) is 29.2 Å². The van der Waals surface area contributed by atoms with Crippen LogP contribution in [0.1, 0.15) is 34.1 Å². The summed E-state index contributed by atoms with van der Waals surface area (Å²) in [4.78, 5) is 43.3. The number of aromatic nitrogens is 2. The van der Waals surface area contributed by atoms with E-state index in [0.717, 1.165) is 23.6 Å². The molecular formula is C33H28F8N4O5. The lowest BCUT2D eigenvalue weighted by atomic mass is 9.93. The van der Waals surface area contributed by atoms with Crippen LogP contribution in [0, 0.1) is 18.6 Å². The summed E-state index contributed by atoms with van der Waals surface area (Å²) in [6.45, 7) is 1.95. The summed E-state index contributed by atoms with van der Waals surface area (Å²) in [6.07, 6.45) is -10.4. The Balaban J connectivity index is 1.48. The minimum Gasteiger partial charge on any atom is -0.480 e. The molecule has 0 spiro atoms. The molecule has 0 radical (unpaired) electrons. The number of anilines is 1. The van der Waals surface area contributed by atoms with Crippen LogP contribution in [0.3, 0.4) is 0 Å². The number of rotatable bonds is 7. The Morgan fingerprint density at radius 1 is 1.08 bits per heavy atom. The molecule has 17 heteroatoms. The first-order valence-electron chi connectivity index (χ1n) is 14.9. The average Bonchev–Trinajstić information content (AvgIpc) is 3.02. The van der Waals surface area contributed by atoms with E-state index >= 15 is 8.78 Å². The van der Waals surface area contributed by atoms with Gasteiger partial charge >= 0.3 is 18.3 Å². The molecule has 0 saturated carbocycles. The van der Waals surface area contributed by atoms with Gasteiger partial charge in [0.15, 0.2) is 6.04 Å². The number of carbonyl (C=O) groups is 2. The second-order valence-corrected chi connectivity index (χ2v) is 11.7. The molecule has 2 N–H and O–H groups in total. The van der Waals surface area contributed by atoms with Gasteiger partial charge in [0, 0.05) is 48.5 Å². The van der Waals surface area contributed by atoms with Crippen LogP contribution < -0.4 is 15.8 Å². The molecule has 1 aliphatic rings. The highest BCUT2D eigenvalue weighted by Crippen LogP contribution is 2.39. The summed E-state index contributed by atoms with van der Waals surface area (Å²) in [7, 11) is 1.30. The minimum atomic E-state index is -4.92. The number of nitrogens with zero attached hydrogens (tertiary/aromatic N) is 3. The molecule has 50 heavy (non-hydrogen) atoms. The molecule has 5 rings (SSSR count). The lowest BCUT2D eigenvalue weighted by Crippen LogP contribution is -2.57. The Kier molecular flexibility index (Phi) is 9.66. The largest absolute Gasteiger partial charge is 0.480 e. The second kappa shape index (κ2) is 13.3. The number of ether oxygens (including phenoxy) is 1. The zero-order valence-electron chi connectivity index (χ0n) is 26.4. The molecule has 0 aliphatic carbocycles. The quantitative estimate of drug-likeness (QED) is 0.234. The lowest BCUT2D eigenvalue weighted by Gasteiger charge is -2.42. The molecule has 3 atom stereocenters. The summed E-state index contributed by atoms with van der Waals surface area (Å²) in [5.41, 5.74) is -4.72. The first-order valence-corrected chi connectivity index (χ1v) is 14.9. The van der Waals surface area contributed by atoms with E-state index in [-0.39, 0.29) is 40.9 Å². The normalized spacial score (nSPS) is 17.5. The van der Waals surface area contributed by atoms with Crippen molar-refractivity contribution < 1.29 is 54.6 Å². The van der Waals surface area contributed by atoms with E-state index in [1.807, 2.05) is 5.32 Å². The summed E-state index contributed by atoms with van der Waals surface area (Å²) in [5, 5.41) is 12.1. The summed E-state index contributed by atoms with van der Waals surface area (Å²) >= 11 is 0. The highest BCUT2D eigenvalue weighted by Gasteiger charge is 2.49. The van der Waals surface area contributed by atoms with E-state index in [1.54, 1.807) is 0 Å². The zero-order chi connectivity index (χ0) is 36.9. The van der Waals surface area contributed by atoms with Crippen molar-refractivity contribution in [2.75, 3.05) is 18.1 Å². The Labute approximate surface area is 278 Å². The highest BCUT2D eigenvalue weighted by molar-refractivity contribution is 5.99. The lowest BCUT2D eigenvalue weighted by molar-refractivity contribution is -0.183. The van der Waals surface area contributed by atoms with Crippen LogP contribution in [0.25, 0.3) is 22.0 Å². The van der Waals surface area contributed by atoms with Crippen molar-refractivity contribution in [1.82, 2.24) is 14.9 Å². The van der Waals surface area contributed by atoms with E-state index in [0.29, 0.717) is 17.0 Å². The molecule has 2 aromatic carbocycles. The van der Waals surface area contributed by atoms with Crippen molar-refractivity contribution in [2.24, 2.45) is 7.05 Å². The molecule has 0 unspecified atom stereocenters. The number of alkyl halides is 6. The Hall–Kier alpha value is -5.06. The van der Waals surface area contributed by atoms with Gasteiger partial charge in [-0.1, -0.05) is 18.2 Å². The second-order valence-electron chi connectivity index (χ2n) is 11.7.